The molecule has 70 valence electrons. The highest BCUT2D eigenvalue weighted by molar-refractivity contribution is 6.33. The van der Waals surface area contributed by atoms with Crippen LogP contribution in [-0.4, -0.2) is 13.0 Å². The highest BCUT2D eigenvalue weighted by Gasteiger charge is 2.00. The number of aliphatic imine (C=N–C) groups is 1. The van der Waals surface area contributed by atoms with E-state index >= 15 is 0 Å². The number of nitrogens with one attached hydrogen (secondary N) is 1. The van der Waals surface area contributed by atoms with Crippen molar-refractivity contribution in [2.75, 3.05) is 12.4 Å². The van der Waals surface area contributed by atoms with Crippen LogP contribution < -0.4 is 11.1 Å². The molecule has 0 atom stereocenters. The molecule has 0 bridgehead atoms. The molecule has 0 amide bonds. The number of aryl methyl sites for hydroxylation is 1. The summed E-state index contributed by atoms with van der Waals surface area (Å²) < 4.78 is 0. The third-order valence-electron chi connectivity index (χ3n) is 1.63. The molecule has 1 rings (SSSR count). The lowest BCUT2D eigenvalue weighted by Gasteiger charge is -2.07. The molecule has 0 radical (unpaired) electrons. The molecule has 0 saturated heterocycles. The second-order valence-electron chi connectivity index (χ2n) is 2.72. The number of anilines is 1. The molecule has 1 aromatic carbocycles. The molecule has 3 nitrogen and oxygen atoms in total. The van der Waals surface area contributed by atoms with Gasteiger partial charge in [-0.15, -0.1) is 0 Å². The van der Waals surface area contributed by atoms with E-state index in [0.717, 1.165) is 11.3 Å². The topological polar surface area (TPSA) is 50.4 Å². The van der Waals surface area contributed by atoms with Crippen LogP contribution in [0.3, 0.4) is 0 Å². The molecule has 13 heavy (non-hydrogen) atoms. The van der Waals surface area contributed by atoms with E-state index in [0.29, 0.717) is 11.0 Å². The predicted molar refractivity (Wildman–Crippen MR) is 57.4 cm³/mol. The van der Waals surface area contributed by atoms with Gasteiger partial charge >= 0.3 is 0 Å². The minimum atomic E-state index is 0.354. The average molecular weight is 198 g/mol. The Hall–Kier alpha value is -1.22. The van der Waals surface area contributed by atoms with Crippen LogP contribution in [0.25, 0.3) is 0 Å². The quantitative estimate of drug-likeness (QED) is 0.535. The Labute approximate surface area is 82.6 Å². The van der Waals surface area contributed by atoms with Gasteiger partial charge in [-0.3, -0.25) is 4.99 Å². The SMILES string of the molecule is CN=C(N)Nc1cc(C)ccc1Cl. The number of benzene rings is 1. The van der Waals surface area contributed by atoms with Crippen molar-refractivity contribution in [3.05, 3.63) is 28.8 Å². The largest absolute Gasteiger partial charge is 0.370 e. The van der Waals surface area contributed by atoms with Crippen molar-refractivity contribution in [3.8, 4) is 0 Å². The third kappa shape index (κ3) is 2.63. The van der Waals surface area contributed by atoms with Gasteiger partial charge in [-0.2, -0.15) is 0 Å². The zero-order valence-corrected chi connectivity index (χ0v) is 8.39. The first-order valence-electron chi connectivity index (χ1n) is 3.89. The zero-order valence-electron chi connectivity index (χ0n) is 7.63. The fourth-order valence-electron chi connectivity index (χ4n) is 0.929. The third-order valence-corrected chi connectivity index (χ3v) is 1.96. The number of halogens is 1. The minimum absolute atomic E-state index is 0.354. The van der Waals surface area contributed by atoms with Crippen LogP contribution >= 0.6 is 11.6 Å². The summed E-state index contributed by atoms with van der Waals surface area (Å²) in [6.07, 6.45) is 0. The summed E-state index contributed by atoms with van der Waals surface area (Å²) in [4.78, 5) is 3.78. The highest BCUT2D eigenvalue weighted by Crippen LogP contribution is 2.22. The van der Waals surface area contributed by atoms with Gasteiger partial charge in [0.05, 0.1) is 10.7 Å². The Balaban J connectivity index is 2.94. The van der Waals surface area contributed by atoms with Crippen LogP contribution in [0, 0.1) is 6.92 Å². The van der Waals surface area contributed by atoms with Crippen LogP contribution in [-0.2, 0) is 0 Å². The van der Waals surface area contributed by atoms with Gasteiger partial charge in [0.25, 0.3) is 0 Å². The maximum Gasteiger partial charge on any atom is 0.192 e. The van der Waals surface area contributed by atoms with Crippen molar-refractivity contribution in [3.63, 3.8) is 0 Å². The lowest BCUT2D eigenvalue weighted by atomic mass is 10.2. The van der Waals surface area contributed by atoms with E-state index < -0.39 is 0 Å². The molecule has 1 aromatic rings. The summed E-state index contributed by atoms with van der Waals surface area (Å²) >= 11 is 5.92. The van der Waals surface area contributed by atoms with Gasteiger partial charge in [-0.25, -0.2) is 0 Å². The second kappa shape index (κ2) is 4.14. The molecule has 0 spiro atoms. The van der Waals surface area contributed by atoms with E-state index in [1.165, 1.54) is 0 Å². The molecule has 0 fully saturated rings. The fourth-order valence-corrected chi connectivity index (χ4v) is 1.09. The van der Waals surface area contributed by atoms with Crippen LogP contribution in [0.2, 0.25) is 5.02 Å². The molecule has 4 heteroatoms. The fraction of sp³-hybridized carbons (Fsp3) is 0.222. The lowest BCUT2D eigenvalue weighted by molar-refractivity contribution is 1.37. The molecule has 0 aliphatic carbocycles. The van der Waals surface area contributed by atoms with Gasteiger partial charge in [0.1, 0.15) is 0 Å². The smallest absolute Gasteiger partial charge is 0.192 e. The van der Waals surface area contributed by atoms with Crippen LogP contribution in [0.4, 0.5) is 5.69 Å². The molecule has 3 N–H and O–H groups in total. The molecular formula is C9H12ClN3. The van der Waals surface area contributed by atoms with Crippen LogP contribution in [0.1, 0.15) is 5.56 Å². The first-order valence-corrected chi connectivity index (χ1v) is 4.26. The van der Waals surface area contributed by atoms with E-state index in [9.17, 15) is 0 Å². The number of guanidine groups is 1. The van der Waals surface area contributed by atoms with Gasteiger partial charge in [0.2, 0.25) is 0 Å². The summed E-state index contributed by atoms with van der Waals surface area (Å²) in [7, 11) is 1.62. The number of rotatable bonds is 1. The normalized spacial score (nSPS) is 11.5. The number of hydrogen-bond donors (Lipinski definition) is 2. The molecule has 0 aliphatic rings. The molecule has 0 saturated carbocycles. The zero-order chi connectivity index (χ0) is 9.84. The van der Waals surface area contributed by atoms with Gasteiger partial charge in [-0.05, 0) is 24.6 Å². The van der Waals surface area contributed by atoms with Crippen molar-refractivity contribution in [2.45, 2.75) is 6.92 Å². The summed E-state index contributed by atoms with van der Waals surface area (Å²) in [6.45, 7) is 1.99. The van der Waals surface area contributed by atoms with Crippen LogP contribution in [0.5, 0.6) is 0 Å². The van der Waals surface area contributed by atoms with E-state index in [2.05, 4.69) is 10.3 Å². The maximum atomic E-state index is 5.92. The summed E-state index contributed by atoms with van der Waals surface area (Å²) in [5, 5.41) is 3.53. The molecule has 0 unspecified atom stereocenters. The Morgan fingerprint density at radius 2 is 2.23 bits per heavy atom. The van der Waals surface area contributed by atoms with E-state index in [4.69, 9.17) is 17.3 Å². The van der Waals surface area contributed by atoms with Crippen molar-refractivity contribution in [1.82, 2.24) is 0 Å². The lowest BCUT2D eigenvalue weighted by Crippen LogP contribution is -2.22. The van der Waals surface area contributed by atoms with Crippen molar-refractivity contribution < 1.29 is 0 Å². The summed E-state index contributed by atoms with van der Waals surface area (Å²) in [6, 6.07) is 5.68. The number of hydrogen-bond acceptors (Lipinski definition) is 1. The van der Waals surface area contributed by atoms with Crippen molar-refractivity contribution in [1.29, 1.82) is 0 Å². The summed E-state index contributed by atoms with van der Waals surface area (Å²) in [5.41, 5.74) is 7.41. The van der Waals surface area contributed by atoms with Gasteiger partial charge in [-0.1, -0.05) is 17.7 Å². The Morgan fingerprint density at radius 1 is 1.54 bits per heavy atom. The number of nitrogens with two attached hydrogens (primary N) is 1. The second-order valence-corrected chi connectivity index (χ2v) is 3.12. The standard InChI is InChI=1S/C9H12ClN3/c1-6-3-4-7(10)8(5-6)13-9(11)12-2/h3-5H,1-2H3,(H3,11,12,13). The Morgan fingerprint density at radius 3 is 2.85 bits per heavy atom. The highest BCUT2D eigenvalue weighted by atomic mass is 35.5. The molecule has 0 aliphatic heterocycles. The predicted octanol–water partition coefficient (Wildman–Crippen LogP) is 2.00. The van der Waals surface area contributed by atoms with E-state index in [1.807, 2.05) is 25.1 Å². The van der Waals surface area contributed by atoms with Crippen molar-refractivity contribution in [2.24, 2.45) is 10.7 Å². The number of nitrogens with zero attached hydrogens (tertiary/aromatic N) is 1. The van der Waals surface area contributed by atoms with Gasteiger partial charge in [0.15, 0.2) is 5.96 Å². The molecular weight excluding hydrogens is 186 g/mol. The minimum Gasteiger partial charge on any atom is -0.370 e. The summed E-state index contributed by atoms with van der Waals surface area (Å²) in [5.74, 6) is 0.354. The average Bonchev–Trinajstić information content (AvgIpc) is 2.11. The van der Waals surface area contributed by atoms with Gasteiger partial charge < -0.3 is 11.1 Å². The maximum absolute atomic E-state index is 5.92. The first kappa shape index (κ1) is 9.86. The Kier molecular flexibility index (Phi) is 3.14. The Bertz CT molecular complexity index is 334. The van der Waals surface area contributed by atoms with Crippen molar-refractivity contribution >= 4 is 23.2 Å². The molecule has 0 heterocycles. The van der Waals surface area contributed by atoms with Crippen LogP contribution in [0.15, 0.2) is 23.2 Å². The van der Waals surface area contributed by atoms with Gasteiger partial charge in [0, 0.05) is 7.05 Å². The molecule has 0 aromatic heterocycles. The monoisotopic (exact) mass is 197 g/mol. The first-order chi connectivity index (χ1) is 6.13. The van der Waals surface area contributed by atoms with E-state index in [-0.39, 0.29) is 0 Å². The van der Waals surface area contributed by atoms with E-state index in [1.54, 1.807) is 7.05 Å².